The van der Waals surface area contributed by atoms with Crippen LogP contribution in [0.2, 0.25) is 0 Å². The van der Waals surface area contributed by atoms with E-state index in [0.29, 0.717) is 12.2 Å². The highest BCUT2D eigenvalue weighted by Gasteiger charge is 2.04. The van der Waals surface area contributed by atoms with E-state index in [4.69, 9.17) is 5.73 Å². The molecule has 1 aromatic rings. The third-order valence-electron chi connectivity index (χ3n) is 2.16. The fraction of sp³-hybridized carbons (Fsp3) is 0.600. The third kappa shape index (κ3) is 4.60. The molecule has 84 valence electrons. The van der Waals surface area contributed by atoms with E-state index in [2.05, 4.69) is 15.5 Å². The van der Waals surface area contributed by atoms with Gasteiger partial charge < -0.3 is 11.1 Å². The Morgan fingerprint density at radius 1 is 1.40 bits per heavy atom. The van der Waals surface area contributed by atoms with Gasteiger partial charge in [-0.3, -0.25) is 9.89 Å². The summed E-state index contributed by atoms with van der Waals surface area (Å²) in [5, 5.41) is 9.15. The maximum absolute atomic E-state index is 11.4. The van der Waals surface area contributed by atoms with E-state index in [1.165, 1.54) is 0 Å². The lowest BCUT2D eigenvalue weighted by Gasteiger charge is -2.02. The molecule has 0 aliphatic carbocycles. The number of nitrogens with two attached hydrogens (primary N) is 1. The van der Waals surface area contributed by atoms with Gasteiger partial charge in [-0.2, -0.15) is 5.10 Å². The van der Waals surface area contributed by atoms with Crippen LogP contribution in [-0.4, -0.2) is 29.2 Å². The smallest absolute Gasteiger partial charge is 0.269 e. The number of amides is 1. The van der Waals surface area contributed by atoms with E-state index >= 15 is 0 Å². The summed E-state index contributed by atoms with van der Waals surface area (Å²) in [5.41, 5.74) is 5.89. The first-order valence-electron chi connectivity index (χ1n) is 5.32. The molecule has 0 aliphatic heterocycles. The van der Waals surface area contributed by atoms with Crippen LogP contribution >= 0.6 is 0 Å². The van der Waals surface area contributed by atoms with Gasteiger partial charge in [0.25, 0.3) is 5.91 Å². The summed E-state index contributed by atoms with van der Waals surface area (Å²) in [7, 11) is 0. The average molecular weight is 210 g/mol. The lowest BCUT2D eigenvalue weighted by Crippen LogP contribution is -2.24. The van der Waals surface area contributed by atoms with Gasteiger partial charge in [0.2, 0.25) is 0 Å². The molecule has 0 fully saturated rings. The van der Waals surface area contributed by atoms with Gasteiger partial charge >= 0.3 is 0 Å². The first-order chi connectivity index (χ1) is 7.34. The molecule has 0 aliphatic rings. The quantitative estimate of drug-likeness (QED) is 0.578. The van der Waals surface area contributed by atoms with Crippen LogP contribution in [0, 0.1) is 0 Å². The van der Waals surface area contributed by atoms with Gasteiger partial charge in [0.15, 0.2) is 0 Å². The molecule has 5 heteroatoms. The fourth-order valence-electron chi connectivity index (χ4n) is 1.30. The normalized spacial score (nSPS) is 10.2. The number of carbonyl (C=O) groups excluding carboxylic acids is 1. The summed E-state index contributed by atoms with van der Waals surface area (Å²) < 4.78 is 0. The minimum atomic E-state index is -0.0914. The third-order valence-corrected chi connectivity index (χ3v) is 2.16. The Hall–Kier alpha value is -1.36. The predicted molar refractivity (Wildman–Crippen MR) is 58.4 cm³/mol. The summed E-state index contributed by atoms with van der Waals surface area (Å²) in [6.07, 6.45) is 5.88. The first kappa shape index (κ1) is 11.7. The van der Waals surface area contributed by atoms with Crippen molar-refractivity contribution in [3.8, 4) is 0 Å². The Bertz CT molecular complexity index is 271. The van der Waals surface area contributed by atoms with Crippen molar-refractivity contribution in [2.45, 2.75) is 25.7 Å². The summed E-state index contributed by atoms with van der Waals surface area (Å²) in [4.78, 5) is 11.4. The van der Waals surface area contributed by atoms with E-state index in [1.54, 1.807) is 12.3 Å². The molecule has 5 nitrogen and oxygen atoms in total. The van der Waals surface area contributed by atoms with E-state index in [0.717, 1.165) is 32.2 Å². The summed E-state index contributed by atoms with van der Waals surface area (Å²) >= 11 is 0. The number of aromatic nitrogens is 2. The number of nitrogens with zero attached hydrogens (tertiary/aromatic N) is 1. The summed E-state index contributed by atoms with van der Waals surface area (Å²) in [6, 6.07) is 1.66. The highest BCUT2D eigenvalue weighted by atomic mass is 16.1. The largest absolute Gasteiger partial charge is 0.351 e. The number of H-pyrrole nitrogens is 1. The van der Waals surface area contributed by atoms with Crippen molar-refractivity contribution in [1.82, 2.24) is 15.5 Å². The molecule has 1 rings (SSSR count). The Kier molecular flexibility index (Phi) is 5.47. The standard InChI is InChI=1S/C10H18N4O/c11-6-3-1-2-4-7-12-10(15)9-5-8-13-14-9/h5,8H,1-4,6-7,11H2,(H,12,15)(H,13,14). The maximum Gasteiger partial charge on any atom is 0.269 e. The lowest BCUT2D eigenvalue weighted by molar-refractivity contribution is 0.0948. The van der Waals surface area contributed by atoms with Gasteiger partial charge in [-0.1, -0.05) is 12.8 Å². The van der Waals surface area contributed by atoms with Crippen LogP contribution in [0.15, 0.2) is 12.3 Å². The van der Waals surface area contributed by atoms with Gasteiger partial charge in [0.05, 0.1) is 0 Å². The second-order valence-corrected chi connectivity index (χ2v) is 3.43. The number of hydrogen-bond donors (Lipinski definition) is 3. The second-order valence-electron chi connectivity index (χ2n) is 3.43. The average Bonchev–Trinajstić information content (AvgIpc) is 2.76. The summed E-state index contributed by atoms with van der Waals surface area (Å²) in [5.74, 6) is -0.0914. The zero-order valence-corrected chi connectivity index (χ0v) is 8.83. The molecule has 1 aromatic heterocycles. The minimum absolute atomic E-state index is 0.0914. The second kappa shape index (κ2) is 7.00. The zero-order valence-electron chi connectivity index (χ0n) is 8.83. The molecule has 0 saturated carbocycles. The van der Waals surface area contributed by atoms with Crippen molar-refractivity contribution < 1.29 is 4.79 Å². The highest BCUT2D eigenvalue weighted by molar-refractivity contribution is 5.91. The van der Waals surface area contributed by atoms with E-state index in [9.17, 15) is 4.79 Å². The van der Waals surface area contributed by atoms with Gasteiger partial charge in [0.1, 0.15) is 5.69 Å². The highest BCUT2D eigenvalue weighted by Crippen LogP contribution is 1.97. The van der Waals surface area contributed by atoms with Crippen molar-refractivity contribution in [2.75, 3.05) is 13.1 Å². The minimum Gasteiger partial charge on any atom is -0.351 e. The van der Waals surface area contributed by atoms with Gasteiger partial charge in [-0.25, -0.2) is 0 Å². The molecular weight excluding hydrogens is 192 g/mol. The number of nitrogens with one attached hydrogen (secondary N) is 2. The van der Waals surface area contributed by atoms with Crippen molar-refractivity contribution >= 4 is 5.91 Å². The SMILES string of the molecule is NCCCCCCNC(=O)c1ccn[nH]1. The lowest BCUT2D eigenvalue weighted by atomic mass is 10.2. The van der Waals surface area contributed by atoms with Crippen LogP contribution < -0.4 is 11.1 Å². The van der Waals surface area contributed by atoms with E-state index in [1.807, 2.05) is 0 Å². The fourth-order valence-corrected chi connectivity index (χ4v) is 1.30. The molecule has 0 unspecified atom stereocenters. The monoisotopic (exact) mass is 210 g/mol. The zero-order chi connectivity index (χ0) is 10.9. The molecule has 15 heavy (non-hydrogen) atoms. The van der Waals surface area contributed by atoms with Crippen molar-refractivity contribution in [1.29, 1.82) is 0 Å². The van der Waals surface area contributed by atoms with Crippen LogP contribution in [0.25, 0.3) is 0 Å². The van der Waals surface area contributed by atoms with Crippen LogP contribution in [0.5, 0.6) is 0 Å². The summed E-state index contributed by atoms with van der Waals surface area (Å²) in [6.45, 7) is 1.46. The molecule has 0 spiro atoms. The Balaban J connectivity index is 2.03. The number of carbonyl (C=O) groups is 1. The number of aromatic amines is 1. The number of hydrogen-bond acceptors (Lipinski definition) is 3. The van der Waals surface area contributed by atoms with Crippen LogP contribution in [0.1, 0.15) is 36.2 Å². The topological polar surface area (TPSA) is 83.8 Å². The molecular formula is C10H18N4O. The Morgan fingerprint density at radius 3 is 2.87 bits per heavy atom. The molecule has 0 aromatic carbocycles. The van der Waals surface area contributed by atoms with E-state index in [-0.39, 0.29) is 5.91 Å². The Morgan fingerprint density at radius 2 is 2.20 bits per heavy atom. The maximum atomic E-state index is 11.4. The molecule has 0 bridgehead atoms. The predicted octanol–water partition coefficient (Wildman–Crippen LogP) is 0.659. The molecule has 0 saturated heterocycles. The van der Waals surface area contributed by atoms with Crippen molar-refractivity contribution in [3.05, 3.63) is 18.0 Å². The number of rotatable bonds is 7. The molecule has 0 radical (unpaired) electrons. The first-order valence-corrected chi connectivity index (χ1v) is 5.32. The van der Waals surface area contributed by atoms with Crippen LogP contribution in [-0.2, 0) is 0 Å². The molecule has 1 heterocycles. The molecule has 0 atom stereocenters. The van der Waals surface area contributed by atoms with E-state index < -0.39 is 0 Å². The Labute approximate surface area is 89.4 Å². The molecule has 1 amide bonds. The van der Waals surface area contributed by atoms with Crippen LogP contribution in [0.3, 0.4) is 0 Å². The van der Waals surface area contributed by atoms with Crippen LogP contribution in [0.4, 0.5) is 0 Å². The van der Waals surface area contributed by atoms with Gasteiger partial charge in [0, 0.05) is 12.7 Å². The number of unbranched alkanes of at least 4 members (excludes halogenated alkanes) is 3. The van der Waals surface area contributed by atoms with Gasteiger partial charge in [-0.05, 0) is 25.5 Å². The molecule has 4 N–H and O–H groups in total. The van der Waals surface area contributed by atoms with Gasteiger partial charge in [-0.15, -0.1) is 0 Å². The van der Waals surface area contributed by atoms with Crippen molar-refractivity contribution in [2.24, 2.45) is 5.73 Å². The van der Waals surface area contributed by atoms with Crippen molar-refractivity contribution in [3.63, 3.8) is 0 Å².